The van der Waals surface area contributed by atoms with Crippen LogP contribution in [0.2, 0.25) is 0 Å². The van der Waals surface area contributed by atoms with Gasteiger partial charge >= 0.3 is 0 Å². The molecule has 4 aromatic rings. The molecule has 0 heteroatoms. The van der Waals surface area contributed by atoms with Gasteiger partial charge in [0.2, 0.25) is 0 Å². The summed E-state index contributed by atoms with van der Waals surface area (Å²) in [6.45, 7) is 13.8. The number of rotatable bonds is 2. The molecule has 0 aromatic heterocycles. The van der Waals surface area contributed by atoms with E-state index in [-0.39, 0.29) is 10.8 Å². The van der Waals surface area contributed by atoms with Gasteiger partial charge < -0.3 is 0 Å². The lowest BCUT2D eigenvalue weighted by Crippen LogP contribution is -2.16. The third-order valence-corrected chi connectivity index (χ3v) is 6.68. The van der Waals surface area contributed by atoms with Crippen LogP contribution in [-0.4, -0.2) is 0 Å². The van der Waals surface area contributed by atoms with E-state index in [2.05, 4.69) is 126 Å². The monoisotopic (exact) mass is 416 g/mol. The maximum atomic E-state index is 2.38. The average Bonchev–Trinajstić information content (AvgIpc) is 3.06. The van der Waals surface area contributed by atoms with Gasteiger partial charge in [-0.3, -0.25) is 0 Å². The number of benzene rings is 4. The zero-order valence-corrected chi connectivity index (χ0v) is 20.1. The van der Waals surface area contributed by atoms with E-state index in [9.17, 15) is 0 Å². The van der Waals surface area contributed by atoms with Crippen molar-refractivity contribution in [2.24, 2.45) is 0 Å². The molecule has 0 saturated heterocycles. The third kappa shape index (κ3) is 3.58. The molecule has 1 aliphatic carbocycles. The van der Waals surface area contributed by atoms with E-state index >= 15 is 0 Å². The molecule has 1 aliphatic rings. The molecular weight excluding hydrogens is 384 g/mol. The van der Waals surface area contributed by atoms with Crippen molar-refractivity contribution in [3.05, 3.63) is 95.1 Å². The Kier molecular flexibility index (Phi) is 4.67. The molecule has 0 aliphatic heterocycles. The van der Waals surface area contributed by atoms with Crippen molar-refractivity contribution in [3.8, 4) is 22.3 Å². The van der Waals surface area contributed by atoms with E-state index in [0.717, 1.165) is 0 Å². The van der Waals surface area contributed by atoms with Crippen LogP contribution in [0.4, 0.5) is 0 Å². The Labute approximate surface area is 192 Å². The van der Waals surface area contributed by atoms with Gasteiger partial charge in [0.15, 0.2) is 0 Å². The minimum absolute atomic E-state index is 0.127. The second-order valence-electron chi connectivity index (χ2n) is 11.2. The van der Waals surface area contributed by atoms with Gasteiger partial charge in [-0.1, -0.05) is 120 Å². The van der Waals surface area contributed by atoms with Crippen LogP contribution < -0.4 is 0 Å². The second-order valence-corrected chi connectivity index (χ2v) is 11.2. The first-order valence-electron chi connectivity index (χ1n) is 11.6. The van der Waals surface area contributed by atoms with Crippen molar-refractivity contribution in [2.45, 2.75) is 52.4 Å². The second kappa shape index (κ2) is 7.20. The zero-order chi connectivity index (χ0) is 22.7. The summed E-state index contributed by atoms with van der Waals surface area (Å²) < 4.78 is 0. The summed E-state index contributed by atoms with van der Waals surface area (Å²) in [7, 11) is 0. The Morgan fingerprint density at radius 1 is 0.500 bits per heavy atom. The molecule has 0 atom stereocenters. The topological polar surface area (TPSA) is 0 Å². The molecular formula is C32H32. The summed E-state index contributed by atoms with van der Waals surface area (Å²) in [6, 6.07) is 27.2. The van der Waals surface area contributed by atoms with Crippen LogP contribution in [0.1, 0.15) is 63.8 Å². The summed E-state index contributed by atoms with van der Waals surface area (Å²) in [6.07, 6.45) is 4.53. The van der Waals surface area contributed by atoms with Crippen LogP contribution in [0.3, 0.4) is 0 Å². The molecule has 0 spiro atoms. The fourth-order valence-electron chi connectivity index (χ4n) is 4.72. The highest BCUT2D eigenvalue weighted by molar-refractivity contribution is 6.15. The van der Waals surface area contributed by atoms with Gasteiger partial charge in [-0.25, -0.2) is 0 Å². The van der Waals surface area contributed by atoms with Gasteiger partial charge in [-0.2, -0.15) is 0 Å². The lowest BCUT2D eigenvalue weighted by molar-refractivity contribution is 0.568. The van der Waals surface area contributed by atoms with E-state index in [0.29, 0.717) is 0 Å². The largest absolute Gasteiger partial charge is 0.0610 e. The third-order valence-electron chi connectivity index (χ3n) is 6.68. The first-order chi connectivity index (χ1) is 15.1. The predicted molar refractivity (Wildman–Crippen MR) is 141 cm³/mol. The molecule has 4 aromatic carbocycles. The van der Waals surface area contributed by atoms with Gasteiger partial charge in [0.1, 0.15) is 0 Å². The molecule has 0 N–H and O–H groups in total. The zero-order valence-electron chi connectivity index (χ0n) is 20.1. The van der Waals surface area contributed by atoms with Crippen LogP contribution in [0.25, 0.3) is 45.2 Å². The molecule has 32 heavy (non-hydrogen) atoms. The van der Waals surface area contributed by atoms with Gasteiger partial charge in [-0.05, 0) is 72.2 Å². The molecule has 0 heterocycles. The van der Waals surface area contributed by atoms with E-state index < -0.39 is 0 Å². The fourth-order valence-corrected chi connectivity index (χ4v) is 4.72. The summed E-state index contributed by atoms with van der Waals surface area (Å²) in [5.74, 6) is 0. The predicted octanol–water partition coefficient (Wildman–Crippen LogP) is 9.25. The van der Waals surface area contributed by atoms with Crippen LogP contribution in [0.15, 0.2) is 72.8 Å². The van der Waals surface area contributed by atoms with Gasteiger partial charge in [0.05, 0.1) is 0 Å². The van der Waals surface area contributed by atoms with E-state index in [1.165, 1.54) is 55.3 Å². The van der Waals surface area contributed by atoms with E-state index in [1.54, 1.807) is 0 Å². The SMILES string of the molecule is CC(C)(C)c1cc(/C=C\c2ccc3c(c2)-c2cccc4cccc-3c24)cc(C(C)(C)C)c1. The maximum absolute atomic E-state index is 2.38. The van der Waals surface area contributed by atoms with Crippen LogP contribution in [-0.2, 0) is 10.8 Å². The van der Waals surface area contributed by atoms with E-state index in [1.807, 2.05) is 0 Å². The number of hydrogen-bond donors (Lipinski definition) is 0. The Morgan fingerprint density at radius 3 is 1.66 bits per heavy atom. The lowest BCUT2D eigenvalue weighted by atomic mass is 9.79. The average molecular weight is 417 g/mol. The van der Waals surface area contributed by atoms with Crippen molar-refractivity contribution in [2.75, 3.05) is 0 Å². The lowest BCUT2D eigenvalue weighted by Gasteiger charge is -2.25. The van der Waals surface area contributed by atoms with E-state index in [4.69, 9.17) is 0 Å². The highest BCUT2D eigenvalue weighted by Gasteiger charge is 2.21. The molecule has 5 rings (SSSR count). The minimum atomic E-state index is 0.127. The van der Waals surface area contributed by atoms with Crippen LogP contribution in [0, 0.1) is 0 Å². The summed E-state index contributed by atoms with van der Waals surface area (Å²) in [4.78, 5) is 0. The molecule has 0 bridgehead atoms. The first kappa shape index (κ1) is 20.8. The molecule has 0 fully saturated rings. The van der Waals surface area contributed by atoms with Crippen molar-refractivity contribution in [1.82, 2.24) is 0 Å². The Balaban J connectivity index is 1.56. The van der Waals surface area contributed by atoms with Crippen molar-refractivity contribution >= 4 is 22.9 Å². The molecule has 160 valence electrons. The number of hydrogen-bond acceptors (Lipinski definition) is 0. The Morgan fingerprint density at radius 2 is 1.06 bits per heavy atom. The number of fused-ring (bicyclic) bond motifs is 3. The molecule has 0 amide bonds. The Bertz CT molecular complexity index is 1330. The quantitative estimate of drug-likeness (QED) is 0.251. The van der Waals surface area contributed by atoms with Crippen molar-refractivity contribution in [1.29, 1.82) is 0 Å². The standard InChI is InChI=1S/C32H32/c1-31(2,3)24-17-22(18-25(20-24)32(4,5)6)14-13-21-15-16-26-27-11-7-9-23-10-8-12-28(30(23)27)29(26)19-21/h7-20H,1-6H3/b14-13-. The molecule has 0 saturated carbocycles. The van der Waals surface area contributed by atoms with Gasteiger partial charge in [0, 0.05) is 0 Å². The molecule has 0 radical (unpaired) electrons. The highest BCUT2D eigenvalue weighted by atomic mass is 14.3. The highest BCUT2D eigenvalue weighted by Crippen LogP contribution is 2.47. The fraction of sp³-hybridized carbons (Fsp3) is 0.250. The summed E-state index contributed by atoms with van der Waals surface area (Å²) >= 11 is 0. The maximum Gasteiger partial charge on any atom is -0.00264 e. The summed E-state index contributed by atoms with van der Waals surface area (Å²) in [5, 5.41) is 2.71. The van der Waals surface area contributed by atoms with Crippen LogP contribution >= 0.6 is 0 Å². The van der Waals surface area contributed by atoms with Crippen LogP contribution in [0.5, 0.6) is 0 Å². The first-order valence-corrected chi connectivity index (χ1v) is 11.6. The van der Waals surface area contributed by atoms with Crippen molar-refractivity contribution in [3.63, 3.8) is 0 Å². The molecule has 0 unspecified atom stereocenters. The van der Waals surface area contributed by atoms with Gasteiger partial charge in [0.25, 0.3) is 0 Å². The normalized spacial score (nSPS) is 13.2. The van der Waals surface area contributed by atoms with Crippen molar-refractivity contribution < 1.29 is 0 Å². The minimum Gasteiger partial charge on any atom is -0.0610 e. The van der Waals surface area contributed by atoms with Gasteiger partial charge in [-0.15, -0.1) is 0 Å². The Hall–Kier alpha value is -3.12. The molecule has 0 nitrogen and oxygen atoms in total. The summed E-state index contributed by atoms with van der Waals surface area (Å²) in [5.41, 5.74) is 11.0. The smallest absolute Gasteiger partial charge is 0.00264 e.